The van der Waals surface area contributed by atoms with Crippen LogP contribution in [0.5, 0.6) is 0 Å². The van der Waals surface area contributed by atoms with E-state index in [1.165, 1.54) is 11.8 Å². The molecule has 0 bridgehead atoms. The molecule has 21 heteroatoms. The molecule has 0 saturated carbocycles. The second-order valence-corrected chi connectivity index (χ2v) is 11.8. The average Bonchev–Trinajstić information content (AvgIpc) is 3.32. The van der Waals surface area contributed by atoms with E-state index in [2.05, 4.69) is 45.4 Å². The Hall–Kier alpha value is -1.60. The first kappa shape index (κ1) is 30.6. The van der Waals surface area contributed by atoms with Crippen LogP contribution in [0.4, 0.5) is 0 Å². The minimum atomic E-state index is -5.59. The molecule has 0 spiro atoms. The van der Waals surface area contributed by atoms with E-state index in [-0.39, 0.29) is 24.9 Å². The molecule has 0 radical (unpaired) electrons. The molecule has 1 amide bonds. The summed E-state index contributed by atoms with van der Waals surface area (Å²) in [5.74, 6) is 4.82. The van der Waals surface area contributed by atoms with Gasteiger partial charge in [0.2, 0.25) is 0 Å². The number of carbonyl (C=O) groups is 1. The number of hydrogen-bond acceptors (Lipinski definition) is 11. The first-order chi connectivity index (χ1) is 16.7. The Morgan fingerprint density at radius 3 is 2.67 bits per heavy atom. The number of nitrogens with zero attached hydrogens (tertiary/aromatic N) is 4. The van der Waals surface area contributed by atoms with Crippen LogP contribution in [0.3, 0.4) is 0 Å². The molecule has 2 rings (SSSR count). The quantitative estimate of drug-likeness (QED) is 0.125. The van der Waals surface area contributed by atoms with Crippen molar-refractivity contribution in [1.82, 2.24) is 20.3 Å². The van der Waals surface area contributed by atoms with Gasteiger partial charge in [0.1, 0.15) is 0 Å². The first-order valence-electron chi connectivity index (χ1n) is 10.3. The summed E-state index contributed by atoms with van der Waals surface area (Å²) in [7, 11) is -15.0. The second-order valence-electron chi connectivity index (χ2n) is 7.37. The van der Waals surface area contributed by atoms with Gasteiger partial charge in [-0.3, -0.25) is 0 Å². The summed E-state index contributed by atoms with van der Waals surface area (Å²) in [5, 5.41) is 10.3. The van der Waals surface area contributed by atoms with E-state index >= 15 is 0 Å². The van der Waals surface area contributed by atoms with Crippen molar-refractivity contribution in [2.24, 2.45) is 10.8 Å². The molecule has 36 heavy (non-hydrogen) atoms. The standard InChI is InChI=1S/C15H25BN5O12P3/c1-3-12-8-21(20-19-12)9-14(22)17-6-4-5-16-18-15-7-11(2)13(31-15)10-30-35(26,27)33-36(28,29)32-34(23,24)25/h8,11,13,15H,3,6-7,9-10H2,1-2H3,(H,17,22)(H,26,27)(H,28,29)(H2,23,24,25)/t11?,13-,15-/m1/s1. The van der Waals surface area contributed by atoms with Gasteiger partial charge in [0.05, 0.1) is 0 Å². The van der Waals surface area contributed by atoms with Crippen LogP contribution in [-0.2, 0) is 49.3 Å². The first-order valence-corrected chi connectivity index (χ1v) is 14.8. The monoisotopic (exact) mass is 571 g/mol. The fraction of sp³-hybridized carbons (Fsp3) is 0.667. The number of aromatic nitrogens is 3. The zero-order valence-electron chi connectivity index (χ0n) is 19.1. The van der Waals surface area contributed by atoms with E-state index in [1.54, 1.807) is 13.1 Å². The third kappa shape index (κ3) is 11.6. The molecule has 0 aliphatic carbocycles. The van der Waals surface area contributed by atoms with Gasteiger partial charge in [-0.25, -0.2) is 0 Å². The molecule has 200 valence electrons. The summed E-state index contributed by atoms with van der Waals surface area (Å²) in [6, 6.07) is 0. The predicted molar refractivity (Wildman–Crippen MR) is 121 cm³/mol. The van der Waals surface area contributed by atoms with Crippen LogP contribution in [0.1, 0.15) is 26.0 Å². The Bertz CT molecular complexity index is 1150. The third-order valence-corrected chi connectivity index (χ3v) is 8.20. The summed E-state index contributed by atoms with van der Waals surface area (Å²) in [6.07, 6.45) is 1.38. The number of phosphoric ester groups is 1. The molecule has 17 nitrogen and oxygen atoms in total. The third-order valence-electron chi connectivity index (χ3n) is 4.39. The molecule has 1 aliphatic heterocycles. The Morgan fingerprint density at radius 1 is 1.31 bits per heavy atom. The molecule has 1 aromatic heterocycles. The van der Waals surface area contributed by atoms with Crippen LogP contribution < -0.4 is 5.32 Å². The topological polar surface area (TPSA) is 241 Å². The maximum atomic E-state index is 11.8. The summed E-state index contributed by atoms with van der Waals surface area (Å²) < 4.78 is 52.6. The van der Waals surface area contributed by atoms with E-state index in [0.717, 1.165) is 5.69 Å². The number of ether oxygens (including phenoxy) is 1. The molecule has 5 N–H and O–H groups in total. The van der Waals surface area contributed by atoms with Crippen molar-refractivity contribution in [2.75, 3.05) is 13.2 Å². The molecule has 1 saturated heterocycles. The molecule has 1 aliphatic rings. The SMILES string of the molecule is CCc1cn(CC(=O)NCC#CB=N[C@H]2CC(C)[C@@H](COP(=O)(O)OP(=O)(O)OP(=O)(O)O)O2)nn1. The van der Waals surface area contributed by atoms with Gasteiger partial charge in [-0.15, -0.1) is 0 Å². The molecule has 3 unspecified atom stereocenters. The van der Waals surface area contributed by atoms with Crippen molar-refractivity contribution in [3.8, 4) is 11.7 Å². The summed E-state index contributed by atoms with van der Waals surface area (Å²) in [4.78, 5) is 51.7. The van der Waals surface area contributed by atoms with E-state index in [4.69, 9.17) is 19.4 Å². The fourth-order valence-electron chi connectivity index (χ4n) is 2.77. The predicted octanol–water partition coefficient (Wildman–Crippen LogP) is -0.100. The van der Waals surface area contributed by atoms with Gasteiger partial charge in [0, 0.05) is 0 Å². The average molecular weight is 571 g/mol. The van der Waals surface area contributed by atoms with Gasteiger partial charge in [-0.1, -0.05) is 0 Å². The van der Waals surface area contributed by atoms with Crippen molar-refractivity contribution in [3.63, 3.8) is 0 Å². The van der Waals surface area contributed by atoms with E-state index < -0.39 is 42.4 Å². The molecular formula is C15H25BN5O12P3. The van der Waals surface area contributed by atoms with Gasteiger partial charge in [-0.05, 0) is 0 Å². The molecule has 2 heterocycles. The summed E-state index contributed by atoms with van der Waals surface area (Å²) >= 11 is 0. The number of phosphoric acid groups is 3. The number of aryl methyl sites for hydroxylation is 1. The molecule has 1 aromatic rings. The number of nitrogens with one attached hydrogen (secondary N) is 1. The van der Waals surface area contributed by atoms with Gasteiger partial charge >= 0.3 is 206 Å². The zero-order valence-corrected chi connectivity index (χ0v) is 21.8. The van der Waals surface area contributed by atoms with Crippen molar-refractivity contribution >= 4 is 36.4 Å². The Morgan fingerprint density at radius 2 is 2.03 bits per heavy atom. The van der Waals surface area contributed by atoms with E-state index in [9.17, 15) is 23.4 Å². The van der Waals surface area contributed by atoms with Crippen molar-refractivity contribution in [1.29, 1.82) is 0 Å². The number of hydrogen-bond donors (Lipinski definition) is 5. The maximum absolute atomic E-state index is 11.8. The second kappa shape index (κ2) is 13.3. The zero-order chi connectivity index (χ0) is 27.0. The van der Waals surface area contributed by atoms with Gasteiger partial charge < -0.3 is 0 Å². The van der Waals surface area contributed by atoms with Crippen LogP contribution in [0.15, 0.2) is 11.1 Å². The van der Waals surface area contributed by atoms with Crippen LogP contribution in [0, 0.1) is 17.7 Å². The summed E-state index contributed by atoms with van der Waals surface area (Å²) in [6.45, 7) is 3.19. The Kier molecular flexibility index (Phi) is 11.3. The molecule has 5 atom stereocenters. The number of carbonyl (C=O) groups excluding carboxylic acids is 1. The van der Waals surface area contributed by atoms with Crippen molar-refractivity contribution < 1.29 is 55.9 Å². The van der Waals surface area contributed by atoms with Crippen molar-refractivity contribution in [2.45, 2.75) is 45.6 Å². The van der Waals surface area contributed by atoms with Crippen LogP contribution in [-0.4, -0.2) is 73.0 Å². The molecule has 0 aromatic carbocycles. The minimum absolute atomic E-state index is 0.0123. The van der Waals surface area contributed by atoms with Gasteiger partial charge in [0.25, 0.3) is 0 Å². The number of rotatable bonds is 12. The van der Waals surface area contributed by atoms with E-state index in [1.807, 2.05) is 6.92 Å². The van der Waals surface area contributed by atoms with Crippen LogP contribution in [0.25, 0.3) is 0 Å². The van der Waals surface area contributed by atoms with Crippen LogP contribution in [0.2, 0.25) is 0 Å². The Labute approximate surface area is 206 Å². The fourth-order valence-corrected chi connectivity index (χ4v) is 5.80. The van der Waals surface area contributed by atoms with Crippen LogP contribution >= 0.6 is 23.5 Å². The van der Waals surface area contributed by atoms with E-state index in [0.29, 0.717) is 12.8 Å². The van der Waals surface area contributed by atoms with Gasteiger partial charge in [-0.2, -0.15) is 0 Å². The summed E-state index contributed by atoms with van der Waals surface area (Å²) in [5.41, 5.74) is 0.776. The molecular weight excluding hydrogens is 546 g/mol. The normalized spacial score (nSPS) is 23.3. The molecule has 1 fully saturated rings. The number of amides is 1. The van der Waals surface area contributed by atoms with Gasteiger partial charge in [0.15, 0.2) is 0 Å². The Balaban J connectivity index is 1.73. The van der Waals surface area contributed by atoms with Crippen molar-refractivity contribution in [3.05, 3.63) is 11.9 Å².